The second kappa shape index (κ2) is 6.84. The van der Waals surface area contributed by atoms with Crippen molar-refractivity contribution >= 4 is 28.1 Å². The van der Waals surface area contributed by atoms with E-state index in [4.69, 9.17) is 0 Å². The van der Waals surface area contributed by atoms with E-state index < -0.39 is 11.2 Å². The minimum absolute atomic E-state index is 0.134. The Morgan fingerprint density at radius 1 is 1.25 bits per heavy atom. The molecule has 0 unspecified atom stereocenters. The van der Waals surface area contributed by atoms with Crippen LogP contribution in [0.4, 0.5) is 0 Å². The highest BCUT2D eigenvalue weighted by atomic mass is 32.1. The number of aryl methyl sites for hydroxylation is 2. The van der Waals surface area contributed by atoms with Crippen molar-refractivity contribution in [1.29, 1.82) is 0 Å². The van der Waals surface area contributed by atoms with Gasteiger partial charge in [0.1, 0.15) is 0 Å². The van der Waals surface area contributed by atoms with Gasteiger partial charge in [-0.3, -0.25) is 19.1 Å². The monoisotopic (exact) mass is 343 g/mol. The van der Waals surface area contributed by atoms with Gasteiger partial charge in [0.05, 0.1) is 17.4 Å². The molecule has 1 aromatic carbocycles. The molecule has 124 valence electrons. The lowest BCUT2D eigenvalue weighted by Crippen LogP contribution is -2.32. The molecule has 0 saturated heterocycles. The third kappa shape index (κ3) is 3.30. The van der Waals surface area contributed by atoms with E-state index in [0.29, 0.717) is 17.4 Å². The zero-order valence-electron chi connectivity index (χ0n) is 13.2. The Labute approximate surface area is 141 Å². The zero-order chi connectivity index (χ0) is 17.1. The van der Waals surface area contributed by atoms with Gasteiger partial charge in [-0.2, -0.15) is 0 Å². The van der Waals surface area contributed by atoms with Gasteiger partial charge in [-0.15, -0.1) is 11.3 Å². The standard InChI is InChI=1S/C17H17N3O3S/c1-11-7-9-24-14(11)10-18-15(21)6-8-20-13-5-3-2-4-12(13)16(22)19-17(20)23/h2-5,7,9H,6,8,10H2,1H3,(H,18,21)(H,19,22,23). The average molecular weight is 343 g/mol. The molecule has 0 saturated carbocycles. The van der Waals surface area contributed by atoms with E-state index in [1.807, 2.05) is 18.4 Å². The molecule has 1 amide bonds. The zero-order valence-corrected chi connectivity index (χ0v) is 14.0. The van der Waals surface area contributed by atoms with Gasteiger partial charge in [0, 0.05) is 17.8 Å². The lowest BCUT2D eigenvalue weighted by molar-refractivity contribution is -0.121. The summed E-state index contributed by atoms with van der Waals surface area (Å²) in [7, 11) is 0. The Bertz CT molecular complexity index is 1000. The quantitative estimate of drug-likeness (QED) is 0.740. The van der Waals surface area contributed by atoms with Gasteiger partial charge in [0.15, 0.2) is 0 Å². The number of carbonyl (C=O) groups excluding carboxylic acids is 1. The molecule has 2 aromatic heterocycles. The third-order valence-electron chi connectivity index (χ3n) is 3.88. The van der Waals surface area contributed by atoms with E-state index in [9.17, 15) is 14.4 Å². The van der Waals surface area contributed by atoms with Crippen molar-refractivity contribution in [2.75, 3.05) is 0 Å². The first-order valence-electron chi connectivity index (χ1n) is 7.58. The summed E-state index contributed by atoms with van der Waals surface area (Å²) in [5.74, 6) is -0.134. The number of hydrogen-bond acceptors (Lipinski definition) is 4. The van der Waals surface area contributed by atoms with Gasteiger partial charge in [0.2, 0.25) is 5.91 Å². The number of nitrogens with zero attached hydrogens (tertiary/aromatic N) is 1. The van der Waals surface area contributed by atoms with Gasteiger partial charge < -0.3 is 5.32 Å². The summed E-state index contributed by atoms with van der Waals surface area (Å²) in [5.41, 5.74) is 0.779. The Hall–Kier alpha value is -2.67. The van der Waals surface area contributed by atoms with Crippen LogP contribution in [0.15, 0.2) is 45.3 Å². The highest BCUT2D eigenvalue weighted by Gasteiger charge is 2.09. The molecule has 24 heavy (non-hydrogen) atoms. The maximum atomic E-state index is 12.0. The topological polar surface area (TPSA) is 84.0 Å². The van der Waals surface area contributed by atoms with E-state index in [1.54, 1.807) is 35.6 Å². The van der Waals surface area contributed by atoms with Crippen LogP contribution in [-0.2, 0) is 17.9 Å². The van der Waals surface area contributed by atoms with Crippen LogP contribution in [-0.4, -0.2) is 15.5 Å². The van der Waals surface area contributed by atoms with Gasteiger partial charge in [-0.1, -0.05) is 12.1 Å². The number of rotatable bonds is 5. The summed E-state index contributed by atoms with van der Waals surface area (Å²) in [6.07, 6.45) is 0.167. The molecule has 0 aliphatic carbocycles. The Kier molecular flexibility index (Phi) is 4.61. The minimum Gasteiger partial charge on any atom is -0.351 e. The number of H-pyrrole nitrogens is 1. The van der Waals surface area contributed by atoms with Crippen LogP contribution in [0, 0.1) is 6.92 Å². The van der Waals surface area contributed by atoms with Crippen LogP contribution in [0.25, 0.3) is 10.9 Å². The summed E-state index contributed by atoms with van der Waals surface area (Å²) in [6.45, 7) is 2.71. The summed E-state index contributed by atoms with van der Waals surface area (Å²) >= 11 is 1.60. The molecule has 0 aliphatic rings. The van der Waals surface area contributed by atoms with E-state index >= 15 is 0 Å². The van der Waals surface area contributed by atoms with E-state index in [1.165, 1.54) is 4.57 Å². The van der Waals surface area contributed by atoms with Crippen LogP contribution in [0.3, 0.4) is 0 Å². The van der Waals surface area contributed by atoms with Crippen molar-refractivity contribution in [3.05, 3.63) is 67.0 Å². The van der Waals surface area contributed by atoms with Gasteiger partial charge in [0.25, 0.3) is 5.56 Å². The van der Waals surface area contributed by atoms with Crippen molar-refractivity contribution in [3.8, 4) is 0 Å². The number of nitrogens with one attached hydrogen (secondary N) is 2. The van der Waals surface area contributed by atoms with Crippen molar-refractivity contribution in [3.63, 3.8) is 0 Å². The smallest absolute Gasteiger partial charge is 0.328 e. The lowest BCUT2D eigenvalue weighted by Gasteiger charge is -2.09. The van der Waals surface area contributed by atoms with Gasteiger partial charge in [-0.05, 0) is 36.1 Å². The summed E-state index contributed by atoms with van der Waals surface area (Å²) in [6, 6.07) is 8.88. The molecule has 0 spiro atoms. The van der Waals surface area contributed by atoms with Crippen LogP contribution >= 0.6 is 11.3 Å². The molecule has 0 aliphatic heterocycles. The molecule has 7 heteroatoms. The fourth-order valence-electron chi connectivity index (χ4n) is 2.53. The second-order valence-electron chi connectivity index (χ2n) is 5.48. The summed E-state index contributed by atoms with van der Waals surface area (Å²) in [5, 5.41) is 5.28. The van der Waals surface area contributed by atoms with Crippen LogP contribution < -0.4 is 16.6 Å². The molecule has 3 aromatic rings. The van der Waals surface area contributed by atoms with Crippen LogP contribution in [0.2, 0.25) is 0 Å². The highest BCUT2D eigenvalue weighted by Crippen LogP contribution is 2.14. The second-order valence-corrected chi connectivity index (χ2v) is 6.48. The minimum atomic E-state index is -0.499. The lowest BCUT2D eigenvalue weighted by atomic mass is 10.2. The van der Waals surface area contributed by atoms with Crippen molar-refractivity contribution in [2.24, 2.45) is 0 Å². The fraction of sp³-hybridized carbons (Fsp3) is 0.235. The third-order valence-corrected chi connectivity index (χ3v) is 4.90. The largest absolute Gasteiger partial charge is 0.351 e. The maximum absolute atomic E-state index is 12.0. The number of fused-ring (bicyclic) bond motifs is 1. The predicted molar refractivity (Wildman–Crippen MR) is 94.3 cm³/mol. The summed E-state index contributed by atoms with van der Waals surface area (Å²) in [4.78, 5) is 39.3. The number of thiophene rings is 1. The van der Waals surface area contributed by atoms with Crippen LogP contribution in [0.1, 0.15) is 16.9 Å². The molecule has 2 heterocycles. The normalized spacial score (nSPS) is 10.9. The highest BCUT2D eigenvalue weighted by molar-refractivity contribution is 7.10. The number of carbonyl (C=O) groups is 1. The molecule has 0 radical (unpaired) electrons. The molecule has 3 rings (SSSR count). The molecular formula is C17H17N3O3S. The Morgan fingerprint density at radius 3 is 2.79 bits per heavy atom. The van der Waals surface area contributed by atoms with Crippen LogP contribution in [0.5, 0.6) is 0 Å². The molecule has 6 nitrogen and oxygen atoms in total. The maximum Gasteiger partial charge on any atom is 0.328 e. The Morgan fingerprint density at radius 2 is 2.04 bits per heavy atom. The first-order valence-corrected chi connectivity index (χ1v) is 8.46. The fourth-order valence-corrected chi connectivity index (χ4v) is 3.38. The number of benzene rings is 1. The van der Waals surface area contributed by atoms with Gasteiger partial charge >= 0.3 is 5.69 Å². The van der Waals surface area contributed by atoms with Crippen molar-refractivity contribution in [2.45, 2.75) is 26.4 Å². The predicted octanol–water partition coefficient (Wildman–Crippen LogP) is 1.77. The number of aromatic amines is 1. The number of aromatic nitrogens is 2. The van der Waals surface area contributed by atoms with Crippen molar-refractivity contribution in [1.82, 2.24) is 14.9 Å². The SMILES string of the molecule is Cc1ccsc1CNC(=O)CCn1c(=O)[nH]c(=O)c2ccccc21. The molecule has 0 fully saturated rings. The first kappa shape index (κ1) is 16.2. The van der Waals surface area contributed by atoms with E-state index in [-0.39, 0.29) is 18.9 Å². The molecule has 0 atom stereocenters. The molecule has 2 N–H and O–H groups in total. The van der Waals surface area contributed by atoms with Crippen molar-refractivity contribution < 1.29 is 4.79 Å². The van der Waals surface area contributed by atoms with E-state index in [2.05, 4.69) is 10.3 Å². The number of amides is 1. The Balaban J connectivity index is 1.72. The molecular weight excluding hydrogens is 326 g/mol. The van der Waals surface area contributed by atoms with E-state index in [0.717, 1.165) is 10.4 Å². The number of para-hydroxylation sites is 1. The van der Waals surface area contributed by atoms with Gasteiger partial charge in [-0.25, -0.2) is 4.79 Å². The average Bonchev–Trinajstić information content (AvgIpc) is 2.98. The first-order chi connectivity index (χ1) is 11.6. The number of hydrogen-bond donors (Lipinski definition) is 2. The summed E-state index contributed by atoms with van der Waals surface area (Å²) < 4.78 is 1.42. The molecule has 0 bridgehead atoms.